The second kappa shape index (κ2) is 5.84. The summed E-state index contributed by atoms with van der Waals surface area (Å²) in [4.78, 5) is 12.2. The molecule has 1 atom stereocenters. The molecule has 1 aliphatic rings. The summed E-state index contributed by atoms with van der Waals surface area (Å²) < 4.78 is 0.750. The topological polar surface area (TPSA) is 59.0 Å². The molecule has 1 N–H and O–H groups in total. The highest BCUT2D eigenvalue weighted by molar-refractivity contribution is 9.10. The van der Waals surface area contributed by atoms with E-state index >= 15 is 0 Å². The van der Waals surface area contributed by atoms with Crippen LogP contribution in [0.15, 0.2) is 4.60 Å². The Labute approximate surface area is 129 Å². The zero-order chi connectivity index (χ0) is 14.9. The second-order valence-electron chi connectivity index (χ2n) is 6.25. The molecule has 0 aliphatic carbocycles. The number of aryl methyl sites for hydroxylation is 1. The number of rotatable bonds is 2. The summed E-state index contributed by atoms with van der Waals surface area (Å²) in [6.45, 7) is 12.4. The van der Waals surface area contributed by atoms with Crippen molar-refractivity contribution in [1.29, 1.82) is 5.26 Å². The number of hydrogen-bond donors (Lipinski definition) is 1. The van der Waals surface area contributed by atoms with Crippen LogP contribution in [0.3, 0.4) is 0 Å². The van der Waals surface area contributed by atoms with Gasteiger partial charge < -0.3 is 4.98 Å². The fraction of sp³-hybridized carbons (Fsp3) is 0.714. The monoisotopic (exact) mass is 339 g/mol. The Kier molecular flexibility index (Phi) is 4.52. The summed E-state index contributed by atoms with van der Waals surface area (Å²) in [6.07, 6.45) is 0. The third-order valence-electron chi connectivity index (χ3n) is 3.83. The van der Waals surface area contributed by atoms with Crippen molar-refractivity contribution in [2.24, 2.45) is 0 Å². The van der Waals surface area contributed by atoms with E-state index < -0.39 is 0 Å². The van der Waals surface area contributed by atoms with Gasteiger partial charge in [-0.05, 0) is 43.6 Å². The summed E-state index contributed by atoms with van der Waals surface area (Å²) in [7, 11) is 0. The largest absolute Gasteiger partial charge is 0.343 e. The summed E-state index contributed by atoms with van der Waals surface area (Å²) in [5.74, 6) is 0.834. The van der Waals surface area contributed by atoms with E-state index in [9.17, 15) is 5.26 Å². The number of nitrogens with one attached hydrogen (secondary N) is 1. The predicted octanol–water partition coefficient (Wildman–Crippen LogP) is 2.46. The fourth-order valence-corrected chi connectivity index (χ4v) is 3.22. The van der Waals surface area contributed by atoms with Crippen molar-refractivity contribution in [2.75, 3.05) is 26.2 Å². The van der Waals surface area contributed by atoms with Crippen LogP contribution in [0.25, 0.3) is 0 Å². The predicted molar refractivity (Wildman–Crippen MR) is 82.3 cm³/mol. The molecule has 0 spiro atoms. The van der Waals surface area contributed by atoms with Crippen molar-refractivity contribution in [3.8, 4) is 6.07 Å². The number of imidazole rings is 1. The number of aromatic nitrogens is 2. The van der Waals surface area contributed by atoms with Crippen molar-refractivity contribution in [2.45, 2.75) is 39.3 Å². The molecule has 20 heavy (non-hydrogen) atoms. The van der Waals surface area contributed by atoms with Gasteiger partial charge >= 0.3 is 0 Å². The quantitative estimate of drug-likeness (QED) is 0.899. The third kappa shape index (κ3) is 3.22. The Hall–Kier alpha value is -0.900. The van der Waals surface area contributed by atoms with Crippen LogP contribution in [-0.2, 0) is 0 Å². The smallest absolute Gasteiger partial charge is 0.141 e. The highest BCUT2D eigenvalue weighted by Gasteiger charge is 2.31. The van der Waals surface area contributed by atoms with Crippen LogP contribution in [0.1, 0.15) is 38.3 Å². The molecule has 1 saturated heterocycles. The van der Waals surface area contributed by atoms with E-state index in [1.165, 1.54) is 0 Å². The molecular formula is C14H22BrN5. The molecule has 1 aliphatic heterocycles. The van der Waals surface area contributed by atoms with Gasteiger partial charge in [-0.25, -0.2) is 4.98 Å². The maximum absolute atomic E-state index is 9.52. The van der Waals surface area contributed by atoms with Crippen LogP contribution in [0.5, 0.6) is 0 Å². The normalized spacial score (nSPS) is 19.8. The summed E-state index contributed by atoms with van der Waals surface area (Å²) in [5, 5.41) is 9.52. The molecule has 6 heteroatoms. The number of piperazine rings is 1. The van der Waals surface area contributed by atoms with Crippen molar-refractivity contribution in [1.82, 2.24) is 19.8 Å². The Morgan fingerprint density at radius 1 is 1.30 bits per heavy atom. The Morgan fingerprint density at radius 3 is 2.30 bits per heavy atom. The van der Waals surface area contributed by atoms with Gasteiger partial charge in [-0.1, -0.05) is 0 Å². The van der Waals surface area contributed by atoms with Crippen molar-refractivity contribution < 1.29 is 0 Å². The van der Waals surface area contributed by atoms with Gasteiger partial charge in [0.2, 0.25) is 0 Å². The maximum atomic E-state index is 9.52. The molecule has 0 radical (unpaired) electrons. The molecule has 5 nitrogen and oxygen atoms in total. The average molecular weight is 340 g/mol. The third-order valence-corrected chi connectivity index (χ3v) is 4.43. The van der Waals surface area contributed by atoms with Gasteiger partial charge in [-0.3, -0.25) is 9.80 Å². The number of nitrogens with zero attached hydrogens (tertiary/aromatic N) is 4. The van der Waals surface area contributed by atoms with Crippen molar-refractivity contribution in [3.05, 3.63) is 16.1 Å². The van der Waals surface area contributed by atoms with E-state index in [0.29, 0.717) is 0 Å². The summed E-state index contributed by atoms with van der Waals surface area (Å²) in [6, 6.07) is 2.15. The summed E-state index contributed by atoms with van der Waals surface area (Å²) >= 11 is 3.44. The van der Waals surface area contributed by atoms with Crippen LogP contribution in [0, 0.1) is 18.3 Å². The number of nitriles is 1. The highest BCUT2D eigenvalue weighted by atomic mass is 79.9. The van der Waals surface area contributed by atoms with E-state index in [0.717, 1.165) is 42.3 Å². The molecule has 0 saturated carbocycles. The standard InChI is InChI=1S/C14H22BrN5/c1-10-17-12(13(15)18-10)11(9-16)19-5-7-20(8-6-19)14(2,3)4/h11H,5-8H2,1-4H3,(H,17,18). The zero-order valence-electron chi connectivity index (χ0n) is 12.6. The number of hydrogen-bond acceptors (Lipinski definition) is 4. The van der Waals surface area contributed by atoms with E-state index in [1.807, 2.05) is 6.92 Å². The lowest BCUT2D eigenvalue weighted by molar-refractivity contribution is 0.0512. The van der Waals surface area contributed by atoms with E-state index in [2.05, 4.69) is 62.5 Å². The molecule has 0 aromatic carbocycles. The van der Waals surface area contributed by atoms with Crippen LogP contribution in [-0.4, -0.2) is 51.5 Å². The molecule has 1 unspecified atom stereocenters. The molecule has 2 rings (SSSR count). The molecule has 0 amide bonds. The first-order valence-corrected chi connectivity index (χ1v) is 7.73. The van der Waals surface area contributed by atoms with Gasteiger partial charge in [0.05, 0.1) is 11.8 Å². The SMILES string of the molecule is Cc1nc(Br)c(C(C#N)N2CCN(C(C)(C)C)CC2)[nH]1. The van der Waals surface area contributed by atoms with Gasteiger partial charge in [-0.15, -0.1) is 0 Å². The molecule has 1 aromatic heterocycles. The van der Waals surface area contributed by atoms with E-state index in [1.54, 1.807) is 0 Å². The Balaban J connectivity index is 2.09. The first-order chi connectivity index (χ1) is 9.32. The number of halogens is 1. The lowest BCUT2D eigenvalue weighted by Crippen LogP contribution is -2.53. The minimum atomic E-state index is -0.257. The second-order valence-corrected chi connectivity index (χ2v) is 7.00. The van der Waals surface area contributed by atoms with Crippen molar-refractivity contribution >= 4 is 15.9 Å². The van der Waals surface area contributed by atoms with Gasteiger partial charge in [0, 0.05) is 31.7 Å². The molecule has 110 valence electrons. The van der Waals surface area contributed by atoms with Gasteiger partial charge in [0.15, 0.2) is 0 Å². The molecule has 2 heterocycles. The van der Waals surface area contributed by atoms with Gasteiger partial charge in [-0.2, -0.15) is 5.26 Å². The molecule has 1 fully saturated rings. The van der Waals surface area contributed by atoms with Gasteiger partial charge in [0.1, 0.15) is 16.5 Å². The van der Waals surface area contributed by atoms with Crippen LogP contribution >= 0.6 is 15.9 Å². The van der Waals surface area contributed by atoms with E-state index in [4.69, 9.17) is 0 Å². The Morgan fingerprint density at radius 2 is 1.90 bits per heavy atom. The minimum Gasteiger partial charge on any atom is -0.343 e. The zero-order valence-corrected chi connectivity index (χ0v) is 14.2. The molecule has 0 bridgehead atoms. The average Bonchev–Trinajstić information content (AvgIpc) is 2.69. The molecular weight excluding hydrogens is 318 g/mol. The Bertz CT molecular complexity index is 503. The van der Waals surface area contributed by atoms with Crippen LogP contribution in [0.2, 0.25) is 0 Å². The maximum Gasteiger partial charge on any atom is 0.141 e. The van der Waals surface area contributed by atoms with Crippen LogP contribution in [0.4, 0.5) is 0 Å². The summed E-state index contributed by atoms with van der Waals surface area (Å²) in [5.41, 5.74) is 1.06. The van der Waals surface area contributed by atoms with Gasteiger partial charge in [0.25, 0.3) is 0 Å². The number of H-pyrrole nitrogens is 1. The first kappa shape index (κ1) is 15.5. The first-order valence-electron chi connectivity index (χ1n) is 6.93. The van der Waals surface area contributed by atoms with Crippen LogP contribution < -0.4 is 0 Å². The lowest BCUT2D eigenvalue weighted by atomic mass is 10.0. The van der Waals surface area contributed by atoms with E-state index in [-0.39, 0.29) is 11.6 Å². The number of aromatic amines is 1. The minimum absolute atomic E-state index is 0.194. The van der Waals surface area contributed by atoms with Crippen molar-refractivity contribution in [3.63, 3.8) is 0 Å². The molecule has 1 aromatic rings. The highest BCUT2D eigenvalue weighted by Crippen LogP contribution is 2.27. The lowest BCUT2D eigenvalue weighted by Gasteiger charge is -2.43. The fourth-order valence-electron chi connectivity index (χ4n) is 2.64.